The highest BCUT2D eigenvalue weighted by Gasteiger charge is 2.15. The number of carbonyl (C=O) groups excluding carboxylic acids is 1. The molecular weight excluding hydrogens is 420 g/mol. The second kappa shape index (κ2) is 7.73. The summed E-state index contributed by atoms with van der Waals surface area (Å²) in [5.74, 6) is 0.265. The molecule has 148 valence electrons. The summed E-state index contributed by atoms with van der Waals surface area (Å²) in [5, 5.41) is 12.1. The third-order valence-electron chi connectivity index (χ3n) is 4.32. The zero-order chi connectivity index (χ0) is 20.5. The van der Waals surface area contributed by atoms with Gasteiger partial charge in [-0.1, -0.05) is 65.6 Å². The predicted octanol–water partition coefficient (Wildman–Crippen LogP) is 3.43. The van der Waals surface area contributed by atoms with Crippen LogP contribution in [-0.4, -0.2) is 36.2 Å². The number of hydrogen-bond donors (Lipinski definition) is 2. The highest BCUT2D eigenvalue weighted by Crippen LogP contribution is 2.27. The highest BCUT2D eigenvalue weighted by molar-refractivity contribution is 7.99. The van der Waals surface area contributed by atoms with Crippen molar-refractivity contribution in [2.75, 3.05) is 11.1 Å². The number of thiazole rings is 1. The van der Waals surface area contributed by atoms with Gasteiger partial charge in [0.05, 0.1) is 21.7 Å². The van der Waals surface area contributed by atoms with Crippen LogP contribution in [-0.2, 0) is 4.79 Å². The zero-order valence-corrected chi connectivity index (χ0v) is 17.0. The van der Waals surface area contributed by atoms with Crippen LogP contribution in [0, 0.1) is 0 Å². The van der Waals surface area contributed by atoms with Crippen LogP contribution in [0.25, 0.3) is 27.3 Å². The van der Waals surface area contributed by atoms with E-state index in [2.05, 4.69) is 25.5 Å². The fourth-order valence-corrected chi connectivity index (χ4v) is 4.66. The normalized spacial score (nSPS) is 11.2. The Bertz CT molecular complexity index is 1390. The van der Waals surface area contributed by atoms with E-state index in [-0.39, 0.29) is 17.2 Å². The molecule has 0 radical (unpaired) electrons. The second-order valence-corrected chi connectivity index (χ2v) is 8.32. The number of nitrogens with one attached hydrogen (secondary N) is 2. The number of aromatic nitrogens is 5. The topological polar surface area (TPSA) is 105 Å². The van der Waals surface area contributed by atoms with E-state index in [0.717, 1.165) is 15.8 Å². The molecule has 2 aromatic carbocycles. The number of benzene rings is 2. The number of carbonyl (C=O) groups is 1. The molecule has 1 amide bonds. The Morgan fingerprint density at radius 2 is 1.90 bits per heavy atom. The quantitative estimate of drug-likeness (QED) is 0.411. The summed E-state index contributed by atoms with van der Waals surface area (Å²) >= 11 is 2.67. The lowest BCUT2D eigenvalue weighted by Gasteiger charge is -2.07. The SMILES string of the molecule is O=C(CSc1nnc2[nH]c(=O)cc(-c3ccccc3)n12)Nc1nc2ccccc2s1. The third-order valence-corrected chi connectivity index (χ3v) is 6.20. The molecule has 10 heteroatoms. The van der Waals surface area contributed by atoms with Crippen LogP contribution >= 0.6 is 23.1 Å². The maximum Gasteiger partial charge on any atom is 0.252 e. The smallest absolute Gasteiger partial charge is 0.252 e. The molecule has 0 atom stereocenters. The van der Waals surface area contributed by atoms with Crippen LogP contribution in [0.3, 0.4) is 0 Å². The second-order valence-electron chi connectivity index (χ2n) is 6.35. The molecule has 0 bridgehead atoms. The van der Waals surface area contributed by atoms with E-state index in [1.165, 1.54) is 29.2 Å². The number of nitrogens with zero attached hydrogens (tertiary/aromatic N) is 4. The van der Waals surface area contributed by atoms with E-state index in [1.54, 1.807) is 4.40 Å². The van der Waals surface area contributed by atoms with E-state index in [0.29, 0.717) is 21.8 Å². The minimum Gasteiger partial charge on any atom is -0.301 e. The van der Waals surface area contributed by atoms with Crippen molar-refractivity contribution in [1.29, 1.82) is 0 Å². The van der Waals surface area contributed by atoms with Gasteiger partial charge in [-0.2, -0.15) is 0 Å². The summed E-state index contributed by atoms with van der Waals surface area (Å²) in [6.45, 7) is 0. The molecule has 3 heterocycles. The molecule has 0 unspecified atom stereocenters. The number of para-hydroxylation sites is 1. The molecular formula is C20H14N6O2S2. The molecule has 5 rings (SSSR count). The van der Waals surface area contributed by atoms with Crippen LogP contribution in [0.4, 0.5) is 5.13 Å². The van der Waals surface area contributed by atoms with E-state index in [9.17, 15) is 9.59 Å². The molecule has 8 nitrogen and oxygen atoms in total. The molecule has 0 spiro atoms. The predicted molar refractivity (Wildman–Crippen MR) is 118 cm³/mol. The van der Waals surface area contributed by atoms with Crippen LogP contribution in [0.15, 0.2) is 70.6 Å². The molecule has 0 aliphatic heterocycles. The Hall–Kier alpha value is -3.50. The standard InChI is InChI=1S/C20H14N6O2S2/c27-16-10-14(12-6-2-1-3-7-12)26-18(22-16)24-25-20(26)29-11-17(28)23-19-21-13-8-4-5-9-15(13)30-19/h1-10H,11H2,(H,21,23,28)(H,22,24,27). The zero-order valence-electron chi connectivity index (χ0n) is 15.4. The summed E-state index contributed by atoms with van der Waals surface area (Å²) in [4.78, 5) is 31.6. The molecule has 0 fully saturated rings. The number of rotatable bonds is 5. The van der Waals surface area contributed by atoms with Gasteiger partial charge in [0.25, 0.3) is 5.56 Å². The van der Waals surface area contributed by atoms with Crippen molar-refractivity contribution >= 4 is 50.1 Å². The monoisotopic (exact) mass is 434 g/mol. The first kappa shape index (κ1) is 18.5. The maximum atomic E-state index is 12.4. The lowest BCUT2D eigenvalue weighted by molar-refractivity contribution is -0.113. The average molecular weight is 435 g/mol. The summed E-state index contributed by atoms with van der Waals surface area (Å²) in [6, 6.07) is 18.7. The minimum atomic E-state index is -0.265. The molecule has 0 aliphatic carbocycles. The molecule has 2 N–H and O–H groups in total. The molecule has 30 heavy (non-hydrogen) atoms. The largest absolute Gasteiger partial charge is 0.301 e. The molecule has 3 aromatic heterocycles. The number of fused-ring (bicyclic) bond motifs is 2. The number of anilines is 1. The van der Waals surface area contributed by atoms with E-state index in [4.69, 9.17) is 0 Å². The van der Waals surface area contributed by atoms with Gasteiger partial charge in [0, 0.05) is 6.07 Å². The van der Waals surface area contributed by atoms with Gasteiger partial charge in [0.1, 0.15) is 0 Å². The Morgan fingerprint density at radius 1 is 1.10 bits per heavy atom. The number of aromatic amines is 1. The van der Waals surface area contributed by atoms with Gasteiger partial charge >= 0.3 is 0 Å². The summed E-state index contributed by atoms with van der Waals surface area (Å²) < 4.78 is 2.76. The van der Waals surface area contributed by atoms with Crippen LogP contribution < -0.4 is 10.9 Å². The van der Waals surface area contributed by atoms with Crippen LogP contribution in [0.1, 0.15) is 0 Å². The summed E-state index contributed by atoms with van der Waals surface area (Å²) in [5.41, 5.74) is 2.10. The Morgan fingerprint density at radius 3 is 2.73 bits per heavy atom. The van der Waals surface area contributed by atoms with Crippen LogP contribution in [0.5, 0.6) is 0 Å². The number of amides is 1. The first-order chi connectivity index (χ1) is 14.7. The lowest BCUT2D eigenvalue weighted by atomic mass is 10.1. The van der Waals surface area contributed by atoms with Crippen LogP contribution in [0.2, 0.25) is 0 Å². The molecule has 0 saturated carbocycles. The van der Waals surface area contributed by atoms with E-state index < -0.39 is 0 Å². The van der Waals surface area contributed by atoms with Crippen molar-refractivity contribution in [2.24, 2.45) is 0 Å². The average Bonchev–Trinajstić information content (AvgIpc) is 3.35. The van der Waals surface area contributed by atoms with Gasteiger partial charge in [-0.15, -0.1) is 10.2 Å². The molecule has 5 aromatic rings. The van der Waals surface area contributed by atoms with Crippen molar-refractivity contribution in [3.8, 4) is 11.3 Å². The minimum absolute atomic E-state index is 0.129. The van der Waals surface area contributed by atoms with Gasteiger partial charge in [-0.25, -0.2) is 4.98 Å². The number of thioether (sulfide) groups is 1. The number of H-pyrrole nitrogens is 1. The Labute approximate surface area is 178 Å². The Balaban J connectivity index is 1.39. The van der Waals surface area contributed by atoms with Crippen molar-refractivity contribution in [2.45, 2.75) is 5.16 Å². The fraction of sp³-hybridized carbons (Fsp3) is 0.0500. The third kappa shape index (κ3) is 3.58. The summed E-state index contributed by atoms with van der Waals surface area (Å²) in [6.07, 6.45) is 0. The lowest BCUT2D eigenvalue weighted by Crippen LogP contribution is -2.14. The molecule has 0 saturated heterocycles. The van der Waals surface area contributed by atoms with Gasteiger partial charge in [-0.05, 0) is 17.7 Å². The van der Waals surface area contributed by atoms with Crippen molar-refractivity contribution in [3.63, 3.8) is 0 Å². The molecule has 0 aliphatic rings. The van der Waals surface area contributed by atoms with Gasteiger partial charge in [-0.3, -0.25) is 19.0 Å². The highest BCUT2D eigenvalue weighted by atomic mass is 32.2. The maximum absolute atomic E-state index is 12.4. The van der Waals surface area contributed by atoms with E-state index >= 15 is 0 Å². The summed E-state index contributed by atoms with van der Waals surface area (Å²) in [7, 11) is 0. The van der Waals surface area contributed by atoms with Gasteiger partial charge < -0.3 is 5.32 Å². The fourth-order valence-electron chi connectivity index (χ4n) is 3.03. The van der Waals surface area contributed by atoms with Gasteiger partial charge in [0.15, 0.2) is 10.3 Å². The van der Waals surface area contributed by atoms with Crippen molar-refractivity contribution < 1.29 is 4.79 Å². The first-order valence-electron chi connectivity index (χ1n) is 8.99. The van der Waals surface area contributed by atoms with Crippen molar-refractivity contribution in [3.05, 3.63) is 71.0 Å². The first-order valence-corrected chi connectivity index (χ1v) is 10.8. The van der Waals surface area contributed by atoms with Gasteiger partial charge in [0.2, 0.25) is 11.7 Å². The van der Waals surface area contributed by atoms with E-state index in [1.807, 2.05) is 54.6 Å². The number of hydrogen-bond acceptors (Lipinski definition) is 7. The van der Waals surface area contributed by atoms with Crippen molar-refractivity contribution in [1.82, 2.24) is 24.6 Å². The Kier molecular flexibility index (Phi) is 4.77.